The second-order valence-corrected chi connectivity index (χ2v) is 8.38. The van der Waals surface area contributed by atoms with Crippen molar-refractivity contribution in [1.29, 1.82) is 0 Å². The molecule has 2 aliphatic rings. The fourth-order valence-corrected chi connectivity index (χ4v) is 3.74. The molecule has 12 heteroatoms. The standard InChI is InChI=1S/C22H28N4.2C2H2O4/c1-24-15-17-25(18-16-24)23-13-6-14-26-21-9-4-2-7-19(21)11-12-20-8-3-5-10-22(20)26;2*3-1(4)2(5)6/h2-5,7-12,23H,6,13-18H2,1H3;2*(H,3,4)(H,5,6). The molecule has 2 heterocycles. The summed E-state index contributed by atoms with van der Waals surface area (Å²) in [5.41, 5.74) is 8.78. The number of benzene rings is 2. The molecule has 0 amide bonds. The molecule has 5 N–H and O–H groups in total. The summed E-state index contributed by atoms with van der Waals surface area (Å²) >= 11 is 0. The van der Waals surface area contributed by atoms with Gasteiger partial charge in [-0.15, -0.1) is 0 Å². The first-order valence-electron chi connectivity index (χ1n) is 11.8. The topological polar surface area (TPSA) is 171 Å². The summed E-state index contributed by atoms with van der Waals surface area (Å²) in [7, 11) is 2.19. The van der Waals surface area contributed by atoms with Crippen LogP contribution in [0.25, 0.3) is 12.2 Å². The highest BCUT2D eigenvalue weighted by Crippen LogP contribution is 2.35. The van der Waals surface area contributed by atoms with E-state index in [0.717, 1.165) is 45.7 Å². The number of rotatable bonds is 5. The van der Waals surface area contributed by atoms with Crippen LogP contribution in [0.1, 0.15) is 17.5 Å². The minimum atomic E-state index is -1.82. The fourth-order valence-electron chi connectivity index (χ4n) is 3.74. The molecule has 2 aromatic rings. The van der Waals surface area contributed by atoms with E-state index in [1.54, 1.807) is 0 Å². The number of aliphatic carboxylic acids is 4. The lowest BCUT2D eigenvalue weighted by Crippen LogP contribution is -2.51. The lowest BCUT2D eigenvalue weighted by Gasteiger charge is -2.33. The minimum Gasteiger partial charge on any atom is -0.473 e. The summed E-state index contributed by atoms with van der Waals surface area (Å²) in [6.07, 6.45) is 5.57. The van der Waals surface area contributed by atoms with Crippen LogP contribution in [0.3, 0.4) is 0 Å². The van der Waals surface area contributed by atoms with Gasteiger partial charge < -0.3 is 30.2 Å². The Bertz CT molecular complexity index is 1050. The third kappa shape index (κ3) is 9.65. The summed E-state index contributed by atoms with van der Waals surface area (Å²) in [6.45, 7) is 6.52. The number of fused-ring (bicyclic) bond motifs is 2. The normalized spacial score (nSPS) is 14.4. The van der Waals surface area contributed by atoms with E-state index in [9.17, 15) is 0 Å². The maximum absolute atomic E-state index is 9.10. The molecule has 0 atom stereocenters. The Hall–Kier alpha value is -4.26. The van der Waals surface area contributed by atoms with Gasteiger partial charge in [-0.3, -0.25) is 5.43 Å². The van der Waals surface area contributed by atoms with E-state index in [1.807, 2.05) is 0 Å². The van der Waals surface area contributed by atoms with Crippen molar-refractivity contribution in [3.63, 3.8) is 0 Å². The number of nitrogens with zero attached hydrogens (tertiary/aromatic N) is 3. The van der Waals surface area contributed by atoms with Gasteiger partial charge in [-0.2, -0.15) is 0 Å². The van der Waals surface area contributed by atoms with Crippen molar-refractivity contribution in [3.8, 4) is 0 Å². The van der Waals surface area contributed by atoms with Crippen LogP contribution in [0.4, 0.5) is 11.4 Å². The van der Waals surface area contributed by atoms with E-state index >= 15 is 0 Å². The molecular formula is C26H32N4O8. The van der Waals surface area contributed by atoms with Crippen molar-refractivity contribution in [2.45, 2.75) is 6.42 Å². The summed E-state index contributed by atoms with van der Waals surface area (Å²) < 4.78 is 0. The summed E-state index contributed by atoms with van der Waals surface area (Å²) in [5.74, 6) is -7.30. The second-order valence-electron chi connectivity index (χ2n) is 8.38. The van der Waals surface area contributed by atoms with Gasteiger partial charge in [0.1, 0.15) is 0 Å². The molecule has 0 saturated carbocycles. The van der Waals surface area contributed by atoms with E-state index in [2.05, 4.69) is 88.0 Å². The molecule has 0 aromatic heterocycles. The Morgan fingerprint density at radius 3 is 1.55 bits per heavy atom. The van der Waals surface area contributed by atoms with Crippen LogP contribution >= 0.6 is 0 Å². The smallest absolute Gasteiger partial charge is 0.414 e. The molecule has 2 aromatic carbocycles. The number of carboxylic acid groups (broad SMARTS) is 4. The average molecular weight is 529 g/mol. The van der Waals surface area contributed by atoms with Crippen LogP contribution in [0, 0.1) is 0 Å². The summed E-state index contributed by atoms with van der Waals surface area (Å²) in [5, 5.41) is 31.9. The summed E-state index contributed by atoms with van der Waals surface area (Å²) in [6, 6.07) is 17.4. The first kappa shape index (κ1) is 30.0. The molecular weight excluding hydrogens is 496 g/mol. The lowest BCUT2D eigenvalue weighted by molar-refractivity contribution is -0.159. The predicted molar refractivity (Wildman–Crippen MR) is 141 cm³/mol. The highest BCUT2D eigenvalue weighted by Gasteiger charge is 2.17. The van der Waals surface area contributed by atoms with E-state index in [4.69, 9.17) is 39.6 Å². The monoisotopic (exact) mass is 528 g/mol. The van der Waals surface area contributed by atoms with Crippen molar-refractivity contribution in [3.05, 3.63) is 59.7 Å². The molecule has 0 spiro atoms. The van der Waals surface area contributed by atoms with E-state index in [1.165, 1.54) is 22.5 Å². The third-order valence-electron chi connectivity index (χ3n) is 5.66. The molecule has 1 saturated heterocycles. The fraction of sp³-hybridized carbons (Fsp3) is 0.308. The van der Waals surface area contributed by atoms with Crippen LogP contribution in [0.15, 0.2) is 48.5 Å². The van der Waals surface area contributed by atoms with Crippen molar-refractivity contribution < 1.29 is 39.6 Å². The Morgan fingerprint density at radius 2 is 1.13 bits per heavy atom. The average Bonchev–Trinajstić information content (AvgIpc) is 3.05. The molecule has 0 bridgehead atoms. The number of nitrogens with one attached hydrogen (secondary N) is 1. The zero-order chi connectivity index (χ0) is 28.1. The molecule has 12 nitrogen and oxygen atoms in total. The van der Waals surface area contributed by atoms with Crippen LogP contribution in [0.2, 0.25) is 0 Å². The maximum Gasteiger partial charge on any atom is 0.414 e. The van der Waals surface area contributed by atoms with Crippen LogP contribution < -0.4 is 10.3 Å². The number of carboxylic acids is 4. The largest absolute Gasteiger partial charge is 0.473 e. The van der Waals surface area contributed by atoms with E-state index in [0.29, 0.717) is 0 Å². The van der Waals surface area contributed by atoms with Gasteiger partial charge in [-0.05, 0) is 36.7 Å². The molecule has 2 aliphatic heterocycles. The van der Waals surface area contributed by atoms with Gasteiger partial charge >= 0.3 is 23.9 Å². The number of carbonyl (C=O) groups is 4. The van der Waals surface area contributed by atoms with Crippen molar-refractivity contribution in [2.24, 2.45) is 0 Å². The van der Waals surface area contributed by atoms with Gasteiger partial charge in [-0.25, -0.2) is 24.2 Å². The van der Waals surface area contributed by atoms with E-state index < -0.39 is 23.9 Å². The van der Waals surface area contributed by atoms with Gasteiger partial charge in [-0.1, -0.05) is 48.6 Å². The number of para-hydroxylation sites is 2. The van der Waals surface area contributed by atoms with Gasteiger partial charge in [0.25, 0.3) is 0 Å². The number of hydrogen-bond donors (Lipinski definition) is 5. The first-order valence-corrected chi connectivity index (χ1v) is 11.8. The highest BCUT2D eigenvalue weighted by molar-refractivity contribution is 6.27. The number of anilines is 2. The number of likely N-dealkylation sites (N-methyl/N-ethyl adjacent to an activating group) is 1. The van der Waals surface area contributed by atoms with Crippen molar-refractivity contribution in [1.82, 2.24) is 15.3 Å². The molecule has 0 unspecified atom stereocenters. The molecule has 4 rings (SSSR count). The number of hydrogen-bond acceptors (Lipinski definition) is 8. The van der Waals surface area contributed by atoms with Gasteiger partial charge in [0.2, 0.25) is 0 Å². The zero-order valence-corrected chi connectivity index (χ0v) is 21.0. The number of hydrazine groups is 1. The van der Waals surface area contributed by atoms with Crippen LogP contribution in [-0.4, -0.2) is 101 Å². The molecule has 38 heavy (non-hydrogen) atoms. The Morgan fingerprint density at radius 1 is 0.711 bits per heavy atom. The molecule has 0 radical (unpaired) electrons. The van der Waals surface area contributed by atoms with Gasteiger partial charge in [0.15, 0.2) is 0 Å². The first-order chi connectivity index (χ1) is 18.1. The van der Waals surface area contributed by atoms with Crippen LogP contribution in [0.5, 0.6) is 0 Å². The van der Waals surface area contributed by atoms with Gasteiger partial charge in [0.05, 0.1) is 0 Å². The zero-order valence-electron chi connectivity index (χ0n) is 21.0. The van der Waals surface area contributed by atoms with Crippen LogP contribution in [-0.2, 0) is 19.2 Å². The quantitative estimate of drug-likeness (QED) is 0.282. The Balaban J connectivity index is 0.000000355. The highest BCUT2D eigenvalue weighted by atomic mass is 16.4. The summed E-state index contributed by atoms with van der Waals surface area (Å²) in [4.78, 5) is 41.3. The number of piperazine rings is 1. The third-order valence-corrected chi connectivity index (χ3v) is 5.66. The van der Waals surface area contributed by atoms with E-state index in [-0.39, 0.29) is 0 Å². The van der Waals surface area contributed by atoms with Crippen molar-refractivity contribution >= 4 is 47.4 Å². The Labute approximate surface area is 220 Å². The molecule has 204 valence electrons. The predicted octanol–water partition coefficient (Wildman–Crippen LogP) is 1.76. The molecule has 1 fully saturated rings. The van der Waals surface area contributed by atoms with Gasteiger partial charge in [0, 0.05) is 50.6 Å². The second kappa shape index (κ2) is 15.1. The minimum absolute atomic E-state index is 1.01. The molecule has 0 aliphatic carbocycles. The SMILES string of the molecule is CN1CCN(NCCCN2c3ccccc3C=Cc3ccccc32)CC1.O=C(O)C(=O)O.O=C(O)C(=O)O. The lowest BCUT2D eigenvalue weighted by atomic mass is 10.1. The maximum atomic E-state index is 9.10. The Kier molecular flexibility index (Phi) is 11.9. The van der Waals surface area contributed by atoms with Crippen molar-refractivity contribution in [2.75, 3.05) is 51.2 Å².